The predicted octanol–water partition coefficient (Wildman–Crippen LogP) is 4.83. The van der Waals surface area contributed by atoms with Gasteiger partial charge >= 0.3 is 0 Å². The Morgan fingerprint density at radius 3 is 2.83 bits per heavy atom. The molecule has 7 rings (SSSR count). The number of H-pyrrole nitrogens is 1. The van der Waals surface area contributed by atoms with Crippen LogP contribution in [0.3, 0.4) is 0 Å². The Balaban J connectivity index is 1.35. The third-order valence-electron chi connectivity index (χ3n) is 7.75. The summed E-state index contributed by atoms with van der Waals surface area (Å²) >= 11 is 1.54. The van der Waals surface area contributed by atoms with Gasteiger partial charge in [-0.3, -0.25) is 9.97 Å². The maximum Gasteiger partial charge on any atom is 0.196 e. The number of nitrogens with zero attached hydrogens (tertiary/aromatic N) is 5. The molecule has 0 radical (unpaired) electrons. The Morgan fingerprint density at radius 2 is 1.94 bits per heavy atom. The van der Waals surface area contributed by atoms with Crippen LogP contribution in [-0.4, -0.2) is 58.1 Å². The van der Waals surface area contributed by atoms with E-state index in [-0.39, 0.29) is 0 Å². The number of fused-ring (bicyclic) bond motifs is 4. The zero-order chi connectivity index (χ0) is 24.1. The number of piperidine rings is 1. The molecule has 6 heterocycles. The fourth-order valence-electron chi connectivity index (χ4n) is 5.84. The second-order valence-corrected chi connectivity index (χ2v) is 10.9. The lowest BCUT2D eigenvalue weighted by Crippen LogP contribution is -2.38. The summed E-state index contributed by atoms with van der Waals surface area (Å²) in [5.41, 5.74) is 5.15. The molecule has 8 nitrogen and oxygen atoms in total. The van der Waals surface area contributed by atoms with Gasteiger partial charge in [-0.25, -0.2) is 9.97 Å². The first kappa shape index (κ1) is 21.8. The van der Waals surface area contributed by atoms with Crippen LogP contribution in [-0.2, 0) is 0 Å². The first-order valence-corrected chi connectivity index (χ1v) is 13.4. The Bertz CT molecular complexity index is 1590. The van der Waals surface area contributed by atoms with Crippen molar-refractivity contribution in [1.82, 2.24) is 30.2 Å². The van der Waals surface area contributed by atoms with Gasteiger partial charge in [-0.2, -0.15) is 0 Å². The molecule has 9 heteroatoms. The summed E-state index contributed by atoms with van der Waals surface area (Å²) in [5, 5.41) is 9.84. The Morgan fingerprint density at radius 1 is 1.03 bits per heavy atom. The van der Waals surface area contributed by atoms with Crippen molar-refractivity contribution in [3.8, 4) is 0 Å². The molecule has 2 aliphatic heterocycles. The number of pyridine rings is 2. The number of hydrogen-bond donors (Lipinski definition) is 3. The molecule has 2 fully saturated rings. The number of hydrogen-bond acceptors (Lipinski definition) is 8. The fourth-order valence-corrected chi connectivity index (χ4v) is 6.60. The Labute approximate surface area is 213 Å². The molecule has 2 aliphatic rings. The molecular weight excluding hydrogens is 468 g/mol. The van der Waals surface area contributed by atoms with Crippen LogP contribution in [0.2, 0.25) is 0 Å². The van der Waals surface area contributed by atoms with E-state index in [2.05, 4.69) is 54.8 Å². The second kappa shape index (κ2) is 8.60. The van der Waals surface area contributed by atoms with E-state index < -0.39 is 0 Å². The number of aromatic nitrogens is 5. The highest BCUT2D eigenvalue weighted by Gasteiger charge is 2.40. The summed E-state index contributed by atoms with van der Waals surface area (Å²) in [6, 6.07) is 12.3. The Hall–Kier alpha value is -3.43. The lowest BCUT2D eigenvalue weighted by molar-refractivity contribution is 0.232. The van der Waals surface area contributed by atoms with Gasteiger partial charge < -0.3 is 20.5 Å². The minimum absolute atomic E-state index is 0.381. The van der Waals surface area contributed by atoms with Gasteiger partial charge in [-0.15, -0.1) is 0 Å². The summed E-state index contributed by atoms with van der Waals surface area (Å²) in [7, 11) is 1.95. The molecular formula is C27H28N8S. The van der Waals surface area contributed by atoms with Crippen LogP contribution in [0.4, 0.5) is 11.5 Å². The number of aromatic amines is 1. The molecule has 5 aromatic rings. The van der Waals surface area contributed by atoms with Crippen molar-refractivity contribution in [3.05, 3.63) is 48.8 Å². The molecule has 36 heavy (non-hydrogen) atoms. The smallest absolute Gasteiger partial charge is 0.196 e. The monoisotopic (exact) mass is 496 g/mol. The van der Waals surface area contributed by atoms with Crippen LogP contribution in [0.15, 0.2) is 58.8 Å². The average Bonchev–Trinajstić information content (AvgIpc) is 3.50. The van der Waals surface area contributed by atoms with Gasteiger partial charge in [0, 0.05) is 42.8 Å². The molecule has 1 spiro atoms. The molecule has 0 atom stereocenters. The molecule has 0 unspecified atom stereocenters. The molecule has 0 amide bonds. The minimum atomic E-state index is 0.381. The van der Waals surface area contributed by atoms with Crippen molar-refractivity contribution >= 4 is 56.2 Å². The lowest BCUT2D eigenvalue weighted by atomic mass is 9.78. The summed E-state index contributed by atoms with van der Waals surface area (Å²) in [5.74, 6) is 1.03. The minimum Gasteiger partial charge on any atom is -0.386 e. The van der Waals surface area contributed by atoms with Crippen LogP contribution >= 0.6 is 11.8 Å². The highest BCUT2D eigenvalue weighted by molar-refractivity contribution is 7.99. The van der Waals surface area contributed by atoms with Crippen molar-refractivity contribution in [2.45, 2.75) is 29.3 Å². The van der Waals surface area contributed by atoms with Crippen molar-refractivity contribution in [2.75, 3.05) is 43.4 Å². The van der Waals surface area contributed by atoms with E-state index >= 15 is 0 Å². The summed E-state index contributed by atoms with van der Waals surface area (Å²) < 4.78 is 0. The Kier molecular flexibility index (Phi) is 5.21. The lowest BCUT2D eigenvalue weighted by Gasteiger charge is -2.34. The maximum absolute atomic E-state index is 5.19. The predicted molar refractivity (Wildman–Crippen MR) is 146 cm³/mol. The molecule has 4 aromatic heterocycles. The molecule has 3 N–H and O–H groups in total. The topological polar surface area (TPSA) is 94.7 Å². The first-order valence-electron chi connectivity index (χ1n) is 12.6. The quantitative estimate of drug-likeness (QED) is 0.305. The van der Waals surface area contributed by atoms with Gasteiger partial charge in [-0.05, 0) is 73.8 Å². The summed E-state index contributed by atoms with van der Waals surface area (Å²) in [6.45, 7) is 4.28. The van der Waals surface area contributed by atoms with Crippen LogP contribution in [0.1, 0.15) is 19.3 Å². The number of anilines is 2. The van der Waals surface area contributed by atoms with Crippen LogP contribution < -0.4 is 15.5 Å². The van der Waals surface area contributed by atoms with Crippen LogP contribution in [0, 0.1) is 5.41 Å². The highest BCUT2D eigenvalue weighted by atomic mass is 32.2. The van der Waals surface area contributed by atoms with E-state index in [0.29, 0.717) is 5.41 Å². The van der Waals surface area contributed by atoms with Gasteiger partial charge in [-0.1, -0.05) is 12.1 Å². The van der Waals surface area contributed by atoms with Gasteiger partial charge in [0.25, 0.3) is 0 Å². The normalized spacial score (nSPS) is 17.5. The van der Waals surface area contributed by atoms with E-state index in [4.69, 9.17) is 9.97 Å². The van der Waals surface area contributed by atoms with E-state index in [9.17, 15) is 0 Å². The third-order valence-corrected chi connectivity index (χ3v) is 8.58. The molecule has 2 saturated heterocycles. The SMILES string of the molecule is CNc1cccc2c1[nH]c1nc(Sc3cnc4cccnc4c3)nc(N3CCC4(CCNCC4)C3)c12. The summed E-state index contributed by atoms with van der Waals surface area (Å²) in [6.07, 6.45) is 7.35. The number of para-hydroxylation sites is 1. The number of benzene rings is 1. The van der Waals surface area contributed by atoms with Crippen LogP contribution in [0.25, 0.3) is 33.0 Å². The number of rotatable bonds is 4. The molecule has 0 saturated carbocycles. The third kappa shape index (κ3) is 3.65. The largest absolute Gasteiger partial charge is 0.386 e. The van der Waals surface area contributed by atoms with Gasteiger partial charge in [0.15, 0.2) is 5.16 Å². The van der Waals surface area contributed by atoms with Crippen molar-refractivity contribution in [1.29, 1.82) is 0 Å². The van der Waals surface area contributed by atoms with E-state index in [1.54, 1.807) is 18.0 Å². The average molecular weight is 497 g/mol. The van der Waals surface area contributed by atoms with Crippen molar-refractivity contribution in [3.63, 3.8) is 0 Å². The second-order valence-electron chi connectivity index (χ2n) is 9.89. The van der Waals surface area contributed by atoms with Gasteiger partial charge in [0.2, 0.25) is 0 Å². The van der Waals surface area contributed by atoms with Crippen molar-refractivity contribution in [2.24, 2.45) is 5.41 Å². The van der Waals surface area contributed by atoms with Gasteiger partial charge in [0.1, 0.15) is 11.5 Å². The standard InChI is InChI=1S/C27H28N8S/c1-28-20-5-2-4-18-22-24(32-23(18)20)33-26(36-17-14-21-19(31-15-17)6-3-10-30-21)34-25(22)35-13-9-27(16-35)7-11-29-12-8-27/h2-6,10,14-15,28-29H,7-9,11-13,16H2,1H3,(H,32,33,34). The fraction of sp³-hybridized carbons (Fsp3) is 0.333. The van der Waals surface area contributed by atoms with Crippen LogP contribution in [0.5, 0.6) is 0 Å². The molecule has 0 bridgehead atoms. The van der Waals surface area contributed by atoms with E-state index in [0.717, 1.165) is 80.7 Å². The maximum atomic E-state index is 5.19. The zero-order valence-corrected chi connectivity index (χ0v) is 21.0. The van der Waals surface area contributed by atoms with Crippen molar-refractivity contribution < 1.29 is 0 Å². The van der Waals surface area contributed by atoms with Gasteiger partial charge in [0.05, 0.1) is 27.6 Å². The zero-order valence-electron chi connectivity index (χ0n) is 20.2. The first-order chi connectivity index (χ1) is 17.7. The molecule has 1 aromatic carbocycles. The molecule has 0 aliphatic carbocycles. The summed E-state index contributed by atoms with van der Waals surface area (Å²) in [4.78, 5) is 26.3. The number of nitrogens with one attached hydrogen (secondary N) is 3. The highest BCUT2D eigenvalue weighted by Crippen LogP contribution is 2.44. The molecule has 182 valence electrons. The van der Waals surface area contributed by atoms with E-state index in [1.165, 1.54) is 19.3 Å². The van der Waals surface area contributed by atoms with E-state index in [1.807, 2.05) is 25.4 Å².